The Balaban J connectivity index is 1.89. The van der Waals surface area contributed by atoms with Crippen LogP contribution in [-0.4, -0.2) is 59.5 Å². The van der Waals surface area contributed by atoms with Crippen molar-refractivity contribution in [2.45, 2.75) is 45.8 Å². The Hall–Kier alpha value is -2.09. The van der Waals surface area contributed by atoms with Crippen molar-refractivity contribution in [3.63, 3.8) is 0 Å². The van der Waals surface area contributed by atoms with E-state index in [9.17, 15) is 14.4 Å². The average molecular weight is 381 g/mol. The lowest BCUT2D eigenvalue weighted by atomic mass is 10.1. The highest BCUT2D eigenvalue weighted by Gasteiger charge is 2.29. The van der Waals surface area contributed by atoms with E-state index in [2.05, 4.69) is 5.32 Å². The fourth-order valence-corrected chi connectivity index (χ4v) is 3.50. The highest BCUT2D eigenvalue weighted by atomic mass is 32.1. The zero-order valence-electron chi connectivity index (χ0n) is 15.8. The van der Waals surface area contributed by atoms with Gasteiger partial charge in [0.2, 0.25) is 11.8 Å². The Morgan fingerprint density at radius 3 is 2.31 bits per heavy atom. The van der Waals surface area contributed by atoms with Crippen LogP contribution in [0, 0.1) is 0 Å². The van der Waals surface area contributed by atoms with E-state index in [0.717, 1.165) is 4.88 Å². The van der Waals surface area contributed by atoms with E-state index in [1.54, 1.807) is 9.80 Å². The van der Waals surface area contributed by atoms with E-state index in [-0.39, 0.29) is 30.4 Å². The Morgan fingerprint density at radius 1 is 1.19 bits per heavy atom. The van der Waals surface area contributed by atoms with Crippen LogP contribution in [0.25, 0.3) is 0 Å². The molecule has 1 aliphatic rings. The summed E-state index contributed by atoms with van der Waals surface area (Å²) in [6.45, 7) is 8.77. The molecule has 1 N–H and O–H groups in total. The molecule has 1 aromatic rings. The topological polar surface area (TPSA) is 79.0 Å². The number of thiophene rings is 1. The van der Waals surface area contributed by atoms with E-state index < -0.39 is 5.60 Å². The molecule has 1 atom stereocenters. The van der Waals surface area contributed by atoms with E-state index in [4.69, 9.17) is 4.74 Å². The quantitative estimate of drug-likeness (QED) is 0.869. The molecule has 144 valence electrons. The largest absolute Gasteiger partial charge is 0.444 e. The van der Waals surface area contributed by atoms with Gasteiger partial charge in [0, 0.05) is 38.0 Å². The number of ether oxygens (including phenoxy) is 1. The summed E-state index contributed by atoms with van der Waals surface area (Å²) < 4.78 is 5.37. The van der Waals surface area contributed by atoms with Crippen LogP contribution in [0.15, 0.2) is 17.5 Å². The summed E-state index contributed by atoms with van der Waals surface area (Å²) >= 11 is 1.52. The molecule has 0 aliphatic carbocycles. The Bertz CT molecular complexity index is 631. The molecule has 7 nitrogen and oxygen atoms in total. The molecule has 3 amide bonds. The summed E-state index contributed by atoms with van der Waals surface area (Å²) in [5.41, 5.74) is -0.531. The normalized spacial score (nSPS) is 16.2. The predicted octanol–water partition coefficient (Wildman–Crippen LogP) is 2.39. The van der Waals surface area contributed by atoms with Crippen LogP contribution < -0.4 is 5.32 Å². The van der Waals surface area contributed by atoms with Crippen molar-refractivity contribution in [1.29, 1.82) is 0 Å². The fourth-order valence-electron chi connectivity index (χ4n) is 2.73. The van der Waals surface area contributed by atoms with Gasteiger partial charge in [-0.15, -0.1) is 11.3 Å². The molecular formula is C18H27N3O4S. The first-order valence-corrected chi connectivity index (χ1v) is 9.60. The lowest BCUT2D eigenvalue weighted by molar-refractivity contribution is -0.133. The minimum absolute atomic E-state index is 0.0269. The molecule has 1 fully saturated rings. The molecule has 2 rings (SSSR count). The molecule has 0 unspecified atom stereocenters. The number of rotatable bonds is 4. The summed E-state index contributed by atoms with van der Waals surface area (Å²) in [5.74, 6) is -0.188. The zero-order chi connectivity index (χ0) is 19.3. The van der Waals surface area contributed by atoms with Gasteiger partial charge in [-0.05, 0) is 32.2 Å². The zero-order valence-corrected chi connectivity index (χ0v) is 16.6. The van der Waals surface area contributed by atoms with Crippen molar-refractivity contribution in [1.82, 2.24) is 15.1 Å². The molecule has 26 heavy (non-hydrogen) atoms. The van der Waals surface area contributed by atoms with Crippen LogP contribution >= 0.6 is 11.3 Å². The second-order valence-corrected chi connectivity index (χ2v) is 8.30. The first-order valence-electron chi connectivity index (χ1n) is 8.72. The van der Waals surface area contributed by atoms with Crippen molar-refractivity contribution >= 4 is 29.2 Å². The highest BCUT2D eigenvalue weighted by molar-refractivity contribution is 7.10. The van der Waals surface area contributed by atoms with Crippen molar-refractivity contribution in [2.24, 2.45) is 0 Å². The van der Waals surface area contributed by atoms with Crippen LogP contribution in [0.4, 0.5) is 4.79 Å². The molecule has 0 radical (unpaired) electrons. The third kappa shape index (κ3) is 6.01. The van der Waals surface area contributed by atoms with Crippen LogP contribution in [0.3, 0.4) is 0 Å². The first kappa shape index (κ1) is 20.2. The van der Waals surface area contributed by atoms with Gasteiger partial charge in [-0.2, -0.15) is 0 Å². The monoisotopic (exact) mass is 381 g/mol. The Kier molecular flexibility index (Phi) is 6.63. The smallest absolute Gasteiger partial charge is 0.410 e. The van der Waals surface area contributed by atoms with Crippen molar-refractivity contribution in [3.8, 4) is 0 Å². The average Bonchev–Trinajstić information content (AvgIpc) is 3.06. The molecule has 8 heteroatoms. The van der Waals surface area contributed by atoms with Gasteiger partial charge in [-0.3, -0.25) is 9.59 Å². The second-order valence-electron chi connectivity index (χ2n) is 7.32. The SMILES string of the molecule is CC(=O)N[C@H](CC(=O)N1CCN(C(=O)OC(C)(C)C)CC1)c1cccs1. The molecule has 2 heterocycles. The van der Waals surface area contributed by atoms with Gasteiger partial charge >= 0.3 is 6.09 Å². The molecule has 1 aromatic heterocycles. The van der Waals surface area contributed by atoms with Gasteiger partial charge in [0.05, 0.1) is 12.5 Å². The number of carbonyl (C=O) groups is 3. The second kappa shape index (κ2) is 8.53. The maximum atomic E-state index is 12.6. The molecular weight excluding hydrogens is 354 g/mol. The lowest BCUT2D eigenvalue weighted by Crippen LogP contribution is -2.52. The molecule has 1 saturated heterocycles. The molecule has 0 bridgehead atoms. The van der Waals surface area contributed by atoms with Crippen LogP contribution in [0.1, 0.15) is 45.0 Å². The minimum Gasteiger partial charge on any atom is -0.444 e. The number of hydrogen-bond acceptors (Lipinski definition) is 5. The number of carbonyl (C=O) groups excluding carboxylic acids is 3. The number of nitrogens with one attached hydrogen (secondary N) is 1. The van der Waals surface area contributed by atoms with E-state index in [1.165, 1.54) is 18.3 Å². The van der Waals surface area contributed by atoms with Crippen molar-refractivity contribution in [2.75, 3.05) is 26.2 Å². The highest BCUT2D eigenvalue weighted by Crippen LogP contribution is 2.23. The summed E-state index contributed by atoms with van der Waals surface area (Å²) in [6.07, 6.45) is -0.133. The maximum Gasteiger partial charge on any atom is 0.410 e. The van der Waals surface area contributed by atoms with Crippen LogP contribution in [0.2, 0.25) is 0 Å². The molecule has 0 saturated carbocycles. The summed E-state index contributed by atoms with van der Waals surface area (Å²) in [7, 11) is 0. The van der Waals surface area contributed by atoms with Crippen LogP contribution in [-0.2, 0) is 14.3 Å². The minimum atomic E-state index is -0.531. The maximum absolute atomic E-state index is 12.6. The van der Waals surface area contributed by atoms with Gasteiger partial charge < -0.3 is 19.9 Å². The molecule has 0 spiro atoms. The van der Waals surface area contributed by atoms with E-state index in [0.29, 0.717) is 26.2 Å². The summed E-state index contributed by atoms with van der Waals surface area (Å²) in [4.78, 5) is 40.5. The number of piperazine rings is 1. The molecule has 1 aliphatic heterocycles. The van der Waals surface area contributed by atoms with E-state index in [1.807, 2.05) is 38.3 Å². The van der Waals surface area contributed by atoms with Gasteiger partial charge in [0.15, 0.2) is 0 Å². The van der Waals surface area contributed by atoms with Gasteiger partial charge in [0.25, 0.3) is 0 Å². The van der Waals surface area contributed by atoms with E-state index >= 15 is 0 Å². The van der Waals surface area contributed by atoms with Gasteiger partial charge in [0.1, 0.15) is 5.60 Å². The summed E-state index contributed by atoms with van der Waals surface area (Å²) in [5, 5.41) is 4.77. The molecule has 0 aromatic carbocycles. The first-order chi connectivity index (χ1) is 12.2. The summed E-state index contributed by atoms with van der Waals surface area (Å²) in [6, 6.07) is 3.50. The third-order valence-corrected chi connectivity index (χ3v) is 4.91. The van der Waals surface area contributed by atoms with Gasteiger partial charge in [-0.25, -0.2) is 4.79 Å². The predicted molar refractivity (Wildman–Crippen MR) is 99.9 cm³/mol. The van der Waals surface area contributed by atoms with Crippen molar-refractivity contribution < 1.29 is 19.1 Å². The fraction of sp³-hybridized carbons (Fsp3) is 0.611. The third-order valence-electron chi connectivity index (χ3n) is 3.93. The van der Waals surface area contributed by atoms with Gasteiger partial charge in [-0.1, -0.05) is 6.07 Å². The van der Waals surface area contributed by atoms with Crippen LogP contribution in [0.5, 0.6) is 0 Å². The van der Waals surface area contributed by atoms with Crippen molar-refractivity contribution in [3.05, 3.63) is 22.4 Å². The Labute approximate surface area is 158 Å². The number of nitrogens with zero attached hydrogens (tertiary/aromatic N) is 2. The number of amides is 3. The Morgan fingerprint density at radius 2 is 1.81 bits per heavy atom. The lowest BCUT2D eigenvalue weighted by Gasteiger charge is -2.36. The number of hydrogen-bond donors (Lipinski definition) is 1. The standard InChI is InChI=1S/C18H27N3O4S/c1-13(22)19-14(15-6-5-11-26-15)12-16(23)20-7-9-21(10-8-20)17(24)25-18(2,3)4/h5-6,11,14H,7-10,12H2,1-4H3,(H,19,22)/t14-/m1/s1.